The first-order valence-corrected chi connectivity index (χ1v) is 5.36. The molecule has 0 bridgehead atoms. The Morgan fingerprint density at radius 3 is 2.40 bits per heavy atom. The molecule has 0 N–H and O–H groups in total. The highest BCUT2D eigenvalue weighted by Crippen LogP contribution is 1.99. The van der Waals surface area contributed by atoms with Gasteiger partial charge in [-0.05, 0) is 0 Å². The molecule has 15 heavy (non-hydrogen) atoms. The molecule has 1 aromatic carbocycles. The normalized spacial score (nSPS) is 9.20. The van der Waals surface area contributed by atoms with Crippen molar-refractivity contribution in [3.8, 4) is 0 Å². The van der Waals surface area contributed by atoms with E-state index in [0.29, 0.717) is 0 Å². The summed E-state index contributed by atoms with van der Waals surface area (Å²) in [4.78, 5) is 0. The van der Waals surface area contributed by atoms with Gasteiger partial charge in [0, 0.05) is 18.0 Å². The highest BCUT2D eigenvalue weighted by atomic mass is 35.5. The van der Waals surface area contributed by atoms with Gasteiger partial charge >= 0.3 is 0 Å². The first-order valence-electron chi connectivity index (χ1n) is 4.61. The van der Waals surface area contributed by atoms with E-state index in [1.165, 1.54) is 11.9 Å². The maximum Gasteiger partial charge on any atom is 0.173 e. The Labute approximate surface area is 97.0 Å². The van der Waals surface area contributed by atoms with E-state index in [-0.39, 0.29) is 0 Å². The summed E-state index contributed by atoms with van der Waals surface area (Å²) in [6.45, 7) is 8.29. The summed E-state index contributed by atoms with van der Waals surface area (Å²) >= 11 is 4.64. The van der Waals surface area contributed by atoms with Gasteiger partial charge in [0.25, 0.3) is 0 Å². The molecule has 0 aliphatic heterocycles. The number of alkyl halides is 1. The molecule has 0 unspecified atom stereocenters. The summed E-state index contributed by atoms with van der Waals surface area (Å²) in [5.74, 6) is 0. The van der Waals surface area contributed by atoms with Crippen LogP contribution in [0.3, 0.4) is 0 Å². The highest BCUT2D eigenvalue weighted by molar-refractivity contribution is 6.15. The summed E-state index contributed by atoms with van der Waals surface area (Å²) in [7, 11) is 0. The predicted octanol–water partition coefficient (Wildman–Crippen LogP) is 3.45. The molecule has 80 valence electrons. The summed E-state index contributed by atoms with van der Waals surface area (Å²) in [6.07, 6.45) is 6.99. The van der Waals surface area contributed by atoms with Gasteiger partial charge in [0.2, 0.25) is 0 Å². The zero-order valence-electron chi connectivity index (χ0n) is 9.07. The lowest BCUT2D eigenvalue weighted by Crippen LogP contribution is -2.00. The third kappa shape index (κ3) is 6.69. The summed E-state index contributed by atoms with van der Waals surface area (Å²) < 4.78 is 1.87. The number of rotatable bonds is 4. The molecular formula is C13H17ClN+. The van der Waals surface area contributed by atoms with Crippen LogP contribution in [0.5, 0.6) is 0 Å². The number of hydrogen-bond acceptors (Lipinski definition) is 0. The van der Waals surface area contributed by atoms with Crippen molar-refractivity contribution in [1.82, 2.24) is 0 Å². The first-order chi connectivity index (χ1) is 7.33. The fourth-order valence-electron chi connectivity index (χ4n) is 1.05. The van der Waals surface area contributed by atoms with Gasteiger partial charge in [-0.3, -0.25) is 0 Å². The topological polar surface area (TPSA) is 3.01 Å². The minimum absolute atomic E-state index is 0.825. The molecule has 0 radical (unpaired) electrons. The molecule has 1 rings (SSSR count). The molecule has 0 atom stereocenters. The van der Waals surface area contributed by atoms with E-state index in [2.05, 4.69) is 37.0 Å². The molecule has 0 heterocycles. The molecule has 0 aromatic heterocycles. The average Bonchev–Trinajstić information content (AvgIpc) is 2.30. The smallest absolute Gasteiger partial charge is 0.173 e. The SMILES string of the molecule is C=C/C=C\[N+](=C)Cc1ccccc1.CCl. The minimum atomic E-state index is 0.825. The molecular weight excluding hydrogens is 206 g/mol. The van der Waals surface area contributed by atoms with Gasteiger partial charge in [0.1, 0.15) is 6.72 Å². The molecule has 0 amide bonds. The third-order valence-electron chi connectivity index (χ3n) is 1.66. The molecule has 0 spiro atoms. The maximum absolute atomic E-state index is 4.64. The average molecular weight is 223 g/mol. The van der Waals surface area contributed by atoms with Crippen molar-refractivity contribution in [2.24, 2.45) is 0 Å². The highest BCUT2D eigenvalue weighted by Gasteiger charge is 1.96. The standard InChI is InChI=1S/C12H14N.CH3Cl/c1-3-4-10-13(2)11-12-8-6-5-7-9-12;1-2/h3-10H,1-2,11H2;1H3/q+1;/b10-4-;. The lowest BCUT2D eigenvalue weighted by molar-refractivity contribution is -0.464. The van der Waals surface area contributed by atoms with E-state index in [1.54, 1.807) is 6.08 Å². The largest absolute Gasteiger partial charge is 0.207 e. The minimum Gasteiger partial charge on any atom is -0.207 e. The van der Waals surface area contributed by atoms with Crippen molar-refractivity contribution in [2.45, 2.75) is 6.54 Å². The Bertz CT molecular complexity index is 315. The second-order valence-electron chi connectivity index (χ2n) is 2.81. The Kier molecular flexibility index (Phi) is 8.40. The van der Waals surface area contributed by atoms with Crippen LogP contribution in [-0.2, 0) is 6.54 Å². The van der Waals surface area contributed by atoms with Gasteiger partial charge in [-0.2, -0.15) is 0 Å². The predicted molar refractivity (Wildman–Crippen MR) is 68.6 cm³/mol. The van der Waals surface area contributed by atoms with Gasteiger partial charge in [-0.25, -0.2) is 4.58 Å². The van der Waals surface area contributed by atoms with E-state index in [9.17, 15) is 0 Å². The molecule has 1 aromatic rings. The van der Waals surface area contributed by atoms with Crippen LogP contribution in [0.4, 0.5) is 0 Å². The van der Waals surface area contributed by atoms with Crippen LogP contribution in [0, 0.1) is 0 Å². The molecule has 1 nitrogen and oxygen atoms in total. The number of nitrogens with zero attached hydrogens (tertiary/aromatic N) is 1. The van der Waals surface area contributed by atoms with E-state index < -0.39 is 0 Å². The van der Waals surface area contributed by atoms with Crippen molar-refractivity contribution in [3.63, 3.8) is 0 Å². The van der Waals surface area contributed by atoms with Gasteiger partial charge in [0.05, 0.1) is 0 Å². The molecule has 0 aliphatic carbocycles. The fourth-order valence-corrected chi connectivity index (χ4v) is 1.05. The van der Waals surface area contributed by atoms with Crippen molar-refractivity contribution in [2.75, 3.05) is 6.38 Å². The lowest BCUT2D eigenvalue weighted by atomic mass is 10.2. The fraction of sp³-hybridized carbons (Fsp3) is 0.154. The number of allylic oxidation sites excluding steroid dienone is 2. The van der Waals surface area contributed by atoms with E-state index >= 15 is 0 Å². The van der Waals surface area contributed by atoms with Gasteiger partial charge in [-0.1, -0.05) is 43.0 Å². The van der Waals surface area contributed by atoms with E-state index in [0.717, 1.165) is 6.54 Å². The number of halogens is 1. The summed E-state index contributed by atoms with van der Waals surface area (Å²) in [6, 6.07) is 10.2. The zero-order valence-corrected chi connectivity index (χ0v) is 9.82. The third-order valence-corrected chi connectivity index (χ3v) is 1.66. The summed E-state index contributed by atoms with van der Waals surface area (Å²) in [5.41, 5.74) is 1.26. The monoisotopic (exact) mass is 222 g/mol. The van der Waals surface area contributed by atoms with Gasteiger partial charge in [-0.15, -0.1) is 11.6 Å². The van der Waals surface area contributed by atoms with Crippen LogP contribution in [-0.4, -0.2) is 17.7 Å². The molecule has 0 aliphatic rings. The Morgan fingerprint density at radius 1 is 1.27 bits per heavy atom. The van der Waals surface area contributed by atoms with Gasteiger partial charge in [0.15, 0.2) is 12.7 Å². The van der Waals surface area contributed by atoms with E-state index in [4.69, 9.17) is 0 Å². The summed E-state index contributed by atoms with van der Waals surface area (Å²) in [5, 5.41) is 0. The van der Waals surface area contributed by atoms with Crippen LogP contribution in [0.1, 0.15) is 5.56 Å². The Morgan fingerprint density at radius 2 is 1.87 bits per heavy atom. The second kappa shape index (κ2) is 9.22. The van der Waals surface area contributed by atoms with E-state index in [1.807, 2.05) is 35.1 Å². The first kappa shape index (κ1) is 13.7. The Hall–Kier alpha value is -1.34. The van der Waals surface area contributed by atoms with Crippen LogP contribution < -0.4 is 0 Å². The van der Waals surface area contributed by atoms with Crippen molar-refractivity contribution < 1.29 is 4.58 Å². The number of hydrogen-bond donors (Lipinski definition) is 0. The van der Waals surface area contributed by atoms with Crippen LogP contribution in [0.15, 0.2) is 55.3 Å². The lowest BCUT2D eigenvalue weighted by Gasteiger charge is -1.95. The quantitative estimate of drug-likeness (QED) is 0.318. The maximum atomic E-state index is 4.64. The van der Waals surface area contributed by atoms with Crippen molar-refractivity contribution in [3.05, 3.63) is 60.8 Å². The zero-order chi connectivity index (χ0) is 11.5. The Balaban J connectivity index is 0.000000921. The molecule has 2 heteroatoms. The second-order valence-corrected chi connectivity index (χ2v) is 2.81. The van der Waals surface area contributed by atoms with Crippen LogP contribution in [0.25, 0.3) is 0 Å². The van der Waals surface area contributed by atoms with Crippen molar-refractivity contribution >= 4 is 18.3 Å². The molecule has 0 fully saturated rings. The van der Waals surface area contributed by atoms with Gasteiger partial charge < -0.3 is 0 Å². The number of benzene rings is 1. The molecule has 0 saturated carbocycles. The van der Waals surface area contributed by atoms with Crippen LogP contribution >= 0.6 is 11.6 Å². The van der Waals surface area contributed by atoms with Crippen molar-refractivity contribution in [1.29, 1.82) is 0 Å². The van der Waals surface area contributed by atoms with Crippen LogP contribution in [0.2, 0.25) is 0 Å². The molecule has 0 saturated heterocycles.